The minimum atomic E-state index is -3.47. The third-order valence-corrected chi connectivity index (χ3v) is 4.77. The van der Waals surface area contributed by atoms with Gasteiger partial charge in [0.15, 0.2) is 9.84 Å². The number of aliphatic carboxylic acids is 1. The van der Waals surface area contributed by atoms with Crippen LogP contribution in [0.5, 0.6) is 0 Å². The summed E-state index contributed by atoms with van der Waals surface area (Å²) in [4.78, 5) is 14.3. The number of pyridine rings is 1. The van der Waals surface area contributed by atoms with Crippen molar-refractivity contribution in [1.82, 2.24) is 4.98 Å². The van der Waals surface area contributed by atoms with Gasteiger partial charge in [-0.3, -0.25) is 9.78 Å². The number of carboxylic acid groups (broad SMARTS) is 1. The molecule has 1 rings (SSSR count). The summed E-state index contributed by atoms with van der Waals surface area (Å²) in [5, 5.41) is 7.67. The van der Waals surface area contributed by atoms with E-state index in [0.717, 1.165) is 0 Å². The van der Waals surface area contributed by atoms with Crippen molar-refractivity contribution in [1.29, 1.82) is 0 Å². The Morgan fingerprint density at radius 1 is 1.53 bits per heavy atom. The largest absolute Gasteiger partial charge is 0.481 e. The molecule has 1 aromatic rings. The molecule has 94 valence electrons. The normalized spacial score (nSPS) is 13.3. The number of hydrogen-bond donors (Lipinski definition) is 1. The van der Waals surface area contributed by atoms with Crippen LogP contribution in [0.4, 0.5) is 0 Å². The highest BCUT2D eigenvalue weighted by Crippen LogP contribution is 2.16. The Balaban J connectivity index is 2.83. The van der Waals surface area contributed by atoms with Crippen LogP contribution in [-0.2, 0) is 20.4 Å². The Hall–Kier alpha value is -0.950. The maximum absolute atomic E-state index is 11.8. The zero-order chi connectivity index (χ0) is 13.1. The monoisotopic (exact) mass is 321 g/mol. The minimum Gasteiger partial charge on any atom is -0.481 e. The van der Waals surface area contributed by atoms with Crippen molar-refractivity contribution >= 4 is 31.7 Å². The van der Waals surface area contributed by atoms with Gasteiger partial charge in [-0.25, -0.2) is 8.42 Å². The number of hydrogen-bond acceptors (Lipinski definition) is 4. The van der Waals surface area contributed by atoms with Gasteiger partial charge in [0.25, 0.3) is 0 Å². The van der Waals surface area contributed by atoms with Crippen LogP contribution in [0, 0.1) is 0 Å². The average molecular weight is 322 g/mol. The number of aromatic nitrogens is 1. The third-order valence-electron chi connectivity index (χ3n) is 2.20. The fourth-order valence-corrected chi connectivity index (χ4v) is 3.00. The molecular formula is C10H12BrNO4S. The molecule has 7 heteroatoms. The molecule has 0 saturated carbocycles. The first-order valence-corrected chi connectivity index (χ1v) is 7.35. The van der Waals surface area contributed by atoms with Gasteiger partial charge in [0.05, 0.1) is 17.4 Å². The molecule has 1 aromatic heterocycles. The molecule has 0 spiro atoms. The zero-order valence-electron chi connectivity index (χ0n) is 9.13. The maximum Gasteiger partial charge on any atom is 0.304 e. The molecule has 0 fully saturated rings. The highest BCUT2D eigenvalue weighted by Gasteiger charge is 2.23. The summed E-state index contributed by atoms with van der Waals surface area (Å²) in [6.45, 7) is 1.40. The summed E-state index contributed by atoms with van der Waals surface area (Å²) in [7, 11) is -3.47. The number of halogens is 1. The van der Waals surface area contributed by atoms with Gasteiger partial charge >= 0.3 is 5.97 Å². The predicted molar refractivity (Wildman–Crippen MR) is 66.3 cm³/mol. The predicted octanol–water partition coefficient (Wildman–Crippen LogP) is 1.62. The van der Waals surface area contributed by atoms with E-state index in [1.54, 1.807) is 12.3 Å². The molecule has 17 heavy (non-hydrogen) atoms. The molecule has 0 saturated heterocycles. The topological polar surface area (TPSA) is 84.3 Å². The quantitative estimate of drug-likeness (QED) is 0.890. The van der Waals surface area contributed by atoms with E-state index in [0.29, 0.717) is 10.0 Å². The lowest BCUT2D eigenvalue weighted by Crippen LogP contribution is -2.22. The lowest BCUT2D eigenvalue weighted by molar-refractivity contribution is -0.136. The number of carbonyl (C=O) groups is 1. The molecule has 1 atom stereocenters. The molecule has 0 aliphatic rings. The summed E-state index contributed by atoms with van der Waals surface area (Å²) >= 11 is 3.20. The lowest BCUT2D eigenvalue weighted by Gasteiger charge is -2.10. The van der Waals surface area contributed by atoms with E-state index >= 15 is 0 Å². The number of nitrogens with zero attached hydrogens (tertiary/aromatic N) is 1. The van der Waals surface area contributed by atoms with Crippen LogP contribution < -0.4 is 0 Å². The third kappa shape index (κ3) is 4.43. The maximum atomic E-state index is 11.8. The van der Waals surface area contributed by atoms with Crippen molar-refractivity contribution in [2.24, 2.45) is 0 Å². The Kier molecular flexibility index (Phi) is 4.64. The van der Waals surface area contributed by atoms with Gasteiger partial charge < -0.3 is 5.11 Å². The average Bonchev–Trinajstić information content (AvgIpc) is 2.15. The zero-order valence-corrected chi connectivity index (χ0v) is 11.5. The minimum absolute atomic E-state index is 0.201. The lowest BCUT2D eigenvalue weighted by atomic mass is 10.3. The first kappa shape index (κ1) is 14.1. The molecule has 5 nitrogen and oxygen atoms in total. The van der Waals surface area contributed by atoms with Crippen molar-refractivity contribution in [3.63, 3.8) is 0 Å². The van der Waals surface area contributed by atoms with Gasteiger partial charge in [0.1, 0.15) is 0 Å². The molecular weight excluding hydrogens is 310 g/mol. The Labute approximate surface area is 108 Å². The molecule has 0 amide bonds. The van der Waals surface area contributed by atoms with Gasteiger partial charge in [-0.1, -0.05) is 0 Å². The van der Waals surface area contributed by atoms with Crippen molar-refractivity contribution in [3.8, 4) is 0 Å². The Bertz CT molecular complexity index is 515. The second-order valence-corrected chi connectivity index (χ2v) is 7.06. The fraction of sp³-hybridized carbons (Fsp3) is 0.400. The van der Waals surface area contributed by atoms with Crippen LogP contribution in [-0.4, -0.2) is 29.7 Å². The molecule has 0 aromatic carbocycles. The fourth-order valence-electron chi connectivity index (χ4n) is 1.28. The van der Waals surface area contributed by atoms with Crippen molar-refractivity contribution in [2.45, 2.75) is 24.3 Å². The summed E-state index contributed by atoms with van der Waals surface area (Å²) in [5.41, 5.74) is 0.539. The van der Waals surface area contributed by atoms with Gasteiger partial charge in [0.2, 0.25) is 0 Å². The molecule has 1 unspecified atom stereocenters. The summed E-state index contributed by atoms with van der Waals surface area (Å²) in [5.74, 6) is -1.32. The molecule has 0 aliphatic heterocycles. The van der Waals surface area contributed by atoms with E-state index in [9.17, 15) is 13.2 Å². The second kappa shape index (κ2) is 5.59. The highest BCUT2D eigenvalue weighted by atomic mass is 79.9. The van der Waals surface area contributed by atoms with Crippen LogP contribution in [0.3, 0.4) is 0 Å². The van der Waals surface area contributed by atoms with Crippen molar-refractivity contribution in [3.05, 3.63) is 28.5 Å². The van der Waals surface area contributed by atoms with E-state index in [-0.39, 0.29) is 12.2 Å². The summed E-state index contributed by atoms with van der Waals surface area (Å²) in [6.07, 6.45) is 2.62. The van der Waals surface area contributed by atoms with Gasteiger partial charge in [-0.05, 0) is 34.5 Å². The molecule has 1 heterocycles. The highest BCUT2D eigenvalue weighted by molar-refractivity contribution is 9.10. The molecule has 1 N–H and O–H groups in total. The van der Waals surface area contributed by atoms with E-state index in [1.807, 2.05) is 0 Å². The van der Waals surface area contributed by atoms with E-state index < -0.39 is 21.1 Å². The summed E-state index contributed by atoms with van der Waals surface area (Å²) < 4.78 is 24.4. The first-order chi connectivity index (χ1) is 7.81. The van der Waals surface area contributed by atoms with E-state index in [2.05, 4.69) is 20.9 Å². The van der Waals surface area contributed by atoms with Crippen molar-refractivity contribution < 1.29 is 18.3 Å². The first-order valence-electron chi connectivity index (χ1n) is 4.84. The number of carboxylic acids is 1. The van der Waals surface area contributed by atoms with Crippen LogP contribution in [0.2, 0.25) is 0 Å². The Morgan fingerprint density at radius 2 is 2.18 bits per heavy atom. The number of sulfone groups is 1. The molecule has 0 radical (unpaired) electrons. The van der Waals surface area contributed by atoms with Crippen molar-refractivity contribution in [2.75, 3.05) is 0 Å². The smallest absolute Gasteiger partial charge is 0.304 e. The van der Waals surface area contributed by atoms with E-state index in [4.69, 9.17) is 5.11 Å². The van der Waals surface area contributed by atoms with Crippen LogP contribution >= 0.6 is 15.9 Å². The van der Waals surface area contributed by atoms with Gasteiger partial charge in [0, 0.05) is 16.9 Å². The summed E-state index contributed by atoms with van der Waals surface area (Å²) in [6, 6.07) is 1.65. The molecule has 0 bridgehead atoms. The van der Waals surface area contributed by atoms with Gasteiger partial charge in [-0.2, -0.15) is 0 Å². The Morgan fingerprint density at radius 3 is 2.71 bits per heavy atom. The van der Waals surface area contributed by atoms with Crippen LogP contribution in [0.1, 0.15) is 18.9 Å². The van der Waals surface area contributed by atoms with Crippen LogP contribution in [0.25, 0.3) is 0 Å². The standard InChI is InChI=1S/C10H12BrNO4S/c1-7(2-10(13)14)17(15,16)6-8-3-9(11)5-12-4-8/h3-5,7H,2,6H2,1H3,(H,13,14). The number of rotatable bonds is 5. The molecule has 0 aliphatic carbocycles. The van der Waals surface area contributed by atoms with E-state index in [1.165, 1.54) is 13.1 Å². The van der Waals surface area contributed by atoms with Gasteiger partial charge in [-0.15, -0.1) is 0 Å². The van der Waals surface area contributed by atoms with Crippen LogP contribution in [0.15, 0.2) is 22.9 Å². The SMILES string of the molecule is CC(CC(=O)O)S(=O)(=O)Cc1cncc(Br)c1. The second-order valence-electron chi connectivity index (χ2n) is 3.73.